The van der Waals surface area contributed by atoms with E-state index in [-0.39, 0.29) is 0 Å². The van der Waals surface area contributed by atoms with Crippen LogP contribution in [0, 0.1) is 13.8 Å². The number of amides is 1. The summed E-state index contributed by atoms with van der Waals surface area (Å²) in [5, 5.41) is 4.25. The van der Waals surface area contributed by atoms with Crippen LogP contribution in [0.25, 0.3) is 5.52 Å². The highest BCUT2D eigenvalue weighted by atomic mass is 16.1. The van der Waals surface area contributed by atoms with E-state index in [1.54, 1.807) is 10.6 Å². The van der Waals surface area contributed by atoms with E-state index in [2.05, 4.69) is 5.10 Å². The second-order valence-electron chi connectivity index (χ2n) is 3.28. The van der Waals surface area contributed by atoms with Gasteiger partial charge in [-0.05, 0) is 31.5 Å². The molecule has 2 N–H and O–H groups in total. The Labute approximate surface area is 81.3 Å². The lowest BCUT2D eigenvalue weighted by Crippen LogP contribution is -2.15. The number of nitrogens with zero attached hydrogens (tertiary/aromatic N) is 2. The minimum atomic E-state index is -0.460. The zero-order valence-electron chi connectivity index (χ0n) is 8.11. The smallest absolute Gasteiger partial charge is 0.267 e. The number of nitrogens with two attached hydrogens (primary N) is 1. The van der Waals surface area contributed by atoms with Crippen LogP contribution < -0.4 is 5.73 Å². The summed E-state index contributed by atoms with van der Waals surface area (Å²) < 4.78 is 1.59. The van der Waals surface area contributed by atoms with Crippen LogP contribution in [0.5, 0.6) is 0 Å². The van der Waals surface area contributed by atoms with Crippen LogP contribution in [-0.2, 0) is 0 Å². The minimum Gasteiger partial charge on any atom is -0.364 e. The lowest BCUT2D eigenvalue weighted by molar-refractivity contribution is 0.0993. The lowest BCUT2D eigenvalue weighted by atomic mass is 10.2. The topological polar surface area (TPSA) is 60.4 Å². The van der Waals surface area contributed by atoms with E-state index < -0.39 is 5.91 Å². The molecule has 1 amide bonds. The Morgan fingerprint density at radius 1 is 1.43 bits per heavy atom. The summed E-state index contributed by atoms with van der Waals surface area (Å²) in [6.45, 7) is 3.88. The molecular weight excluding hydrogens is 178 g/mol. The Hall–Kier alpha value is -1.84. The molecule has 4 heteroatoms. The second-order valence-corrected chi connectivity index (χ2v) is 3.28. The molecule has 2 heterocycles. The van der Waals surface area contributed by atoms with Gasteiger partial charge in [0.1, 0.15) is 5.69 Å². The Balaban J connectivity index is 2.88. The van der Waals surface area contributed by atoms with Crippen molar-refractivity contribution in [2.24, 2.45) is 5.73 Å². The second kappa shape index (κ2) is 2.83. The molecule has 0 aliphatic heterocycles. The van der Waals surface area contributed by atoms with E-state index in [4.69, 9.17) is 5.73 Å². The van der Waals surface area contributed by atoms with Gasteiger partial charge in [0.25, 0.3) is 5.91 Å². The van der Waals surface area contributed by atoms with Gasteiger partial charge in [-0.25, -0.2) is 4.52 Å². The third-order valence-corrected chi connectivity index (χ3v) is 2.39. The van der Waals surface area contributed by atoms with E-state index >= 15 is 0 Å². The van der Waals surface area contributed by atoms with Gasteiger partial charge in [-0.2, -0.15) is 5.10 Å². The summed E-state index contributed by atoms with van der Waals surface area (Å²) in [6, 6.07) is 5.40. The lowest BCUT2D eigenvalue weighted by Gasteiger charge is -1.99. The third kappa shape index (κ3) is 1.08. The average Bonchev–Trinajstić information content (AvgIpc) is 2.43. The molecule has 0 aliphatic carbocycles. The fourth-order valence-electron chi connectivity index (χ4n) is 1.49. The number of primary amides is 1. The summed E-state index contributed by atoms with van der Waals surface area (Å²) >= 11 is 0. The van der Waals surface area contributed by atoms with Gasteiger partial charge in [0.05, 0.1) is 11.2 Å². The van der Waals surface area contributed by atoms with Crippen molar-refractivity contribution in [1.82, 2.24) is 9.61 Å². The van der Waals surface area contributed by atoms with Crippen LogP contribution in [0.1, 0.15) is 21.7 Å². The molecule has 0 radical (unpaired) electrons. The maximum absolute atomic E-state index is 11.1. The molecule has 2 aromatic rings. The van der Waals surface area contributed by atoms with Crippen LogP contribution in [0.2, 0.25) is 0 Å². The molecule has 0 aromatic carbocycles. The van der Waals surface area contributed by atoms with Crippen LogP contribution in [0.15, 0.2) is 18.2 Å². The minimum absolute atomic E-state index is 0.415. The maximum atomic E-state index is 11.1. The van der Waals surface area contributed by atoms with Gasteiger partial charge < -0.3 is 5.73 Å². The summed E-state index contributed by atoms with van der Waals surface area (Å²) in [5.74, 6) is -0.460. The van der Waals surface area contributed by atoms with Gasteiger partial charge in [-0.15, -0.1) is 0 Å². The van der Waals surface area contributed by atoms with E-state index in [1.165, 1.54) is 0 Å². The van der Waals surface area contributed by atoms with Crippen molar-refractivity contribution in [2.45, 2.75) is 13.8 Å². The third-order valence-electron chi connectivity index (χ3n) is 2.39. The van der Waals surface area contributed by atoms with Crippen LogP contribution in [0.3, 0.4) is 0 Å². The predicted octanol–water partition coefficient (Wildman–Crippen LogP) is 1.05. The maximum Gasteiger partial charge on any atom is 0.267 e. The summed E-state index contributed by atoms with van der Waals surface area (Å²) in [7, 11) is 0. The molecule has 0 spiro atoms. The largest absolute Gasteiger partial charge is 0.364 e. The number of aromatic nitrogens is 2. The zero-order chi connectivity index (χ0) is 10.3. The molecular formula is C10H11N3O. The molecule has 2 rings (SSSR count). The first kappa shape index (κ1) is 8.74. The van der Waals surface area contributed by atoms with Gasteiger partial charge in [0, 0.05) is 0 Å². The van der Waals surface area contributed by atoms with Crippen molar-refractivity contribution in [3.05, 3.63) is 35.2 Å². The van der Waals surface area contributed by atoms with E-state index in [1.807, 2.05) is 26.0 Å². The molecule has 14 heavy (non-hydrogen) atoms. The summed E-state index contributed by atoms with van der Waals surface area (Å²) in [4.78, 5) is 11.1. The van der Waals surface area contributed by atoms with Crippen LogP contribution in [0.4, 0.5) is 0 Å². The fourth-order valence-corrected chi connectivity index (χ4v) is 1.49. The van der Waals surface area contributed by atoms with Crippen LogP contribution in [-0.4, -0.2) is 15.5 Å². The summed E-state index contributed by atoms with van der Waals surface area (Å²) in [6.07, 6.45) is 0. The monoisotopic (exact) mass is 189 g/mol. The number of aryl methyl sites for hydroxylation is 2. The number of fused-ring (bicyclic) bond motifs is 1. The van der Waals surface area contributed by atoms with Crippen molar-refractivity contribution in [3.63, 3.8) is 0 Å². The van der Waals surface area contributed by atoms with Crippen molar-refractivity contribution < 1.29 is 4.79 Å². The normalized spacial score (nSPS) is 10.7. The average molecular weight is 189 g/mol. The van der Waals surface area contributed by atoms with Gasteiger partial charge >= 0.3 is 0 Å². The molecule has 72 valence electrons. The first-order chi connectivity index (χ1) is 6.61. The fraction of sp³-hybridized carbons (Fsp3) is 0.200. The van der Waals surface area contributed by atoms with Crippen LogP contribution >= 0.6 is 0 Å². The van der Waals surface area contributed by atoms with E-state index in [0.717, 1.165) is 16.8 Å². The zero-order valence-corrected chi connectivity index (χ0v) is 8.11. The molecule has 0 aliphatic rings. The number of carbonyl (C=O) groups is 1. The standard InChI is InChI=1S/C10H11N3O/c1-6-7(2)12-13-8(6)4-3-5-9(13)10(11)14/h3-5H,1-2H3,(H2,11,14). The predicted molar refractivity (Wildman–Crippen MR) is 53.2 cm³/mol. The number of hydrogen-bond donors (Lipinski definition) is 1. The molecule has 0 unspecified atom stereocenters. The molecule has 0 bridgehead atoms. The van der Waals surface area contributed by atoms with Crippen molar-refractivity contribution in [2.75, 3.05) is 0 Å². The van der Waals surface area contributed by atoms with E-state index in [0.29, 0.717) is 5.69 Å². The molecule has 0 atom stereocenters. The number of rotatable bonds is 1. The molecule has 2 aromatic heterocycles. The van der Waals surface area contributed by atoms with E-state index in [9.17, 15) is 4.79 Å². The SMILES string of the molecule is Cc1nn2c(C(N)=O)cccc2c1C. The van der Waals surface area contributed by atoms with Gasteiger partial charge in [-0.1, -0.05) is 6.07 Å². The molecule has 0 fully saturated rings. The molecule has 4 nitrogen and oxygen atoms in total. The number of hydrogen-bond acceptors (Lipinski definition) is 2. The van der Waals surface area contributed by atoms with Crippen molar-refractivity contribution >= 4 is 11.4 Å². The first-order valence-corrected chi connectivity index (χ1v) is 4.36. The Morgan fingerprint density at radius 3 is 2.79 bits per heavy atom. The quantitative estimate of drug-likeness (QED) is 0.728. The number of pyridine rings is 1. The highest BCUT2D eigenvalue weighted by Crippen LogP contribution is 2.15. The molecule has 0 saturated heterocycles. The highest BCUT2D eigenvalue weighted by Gasteiger charge is 2.10. The number of carbonyl (C=O) groups excluding carboxylic acids is 1. The molecule has 0 saturated carbocycles. The Bertz CT molecular complexity index is 513. The van der Waals surface area contributed by atoms with Gasteiger partial charge in [0.15, 0.2) is 0 Å². The summed E-state index contributed by atoms with van der Waals surface area (Å²) in [5.41, 5.74) is 8.58. The first-order valence-electron chi connectivity index (χ1n) is 4.36. The van der Waals surface area contributed by atoms with Gasteiger partial charge in [0.2, 0.25) is 0 Å². The highest BCUT2D eigenvalue weighted by molar-refractivity contribution is 5.91. The van der Waals surface area contributed by atoms with Crippen molar-refractivity contribution in [3.8, 4) is 0 Å². The Morgan fingerprint density at radius 2 is 2.14 bits per heavy atom. The Kier molecular flexibility index (Phi) is 1.77. The van der Waals surface area contributed by atoms with Crippen molar-refractivity contribution in [1.29, 1.82) is 0 Å². The van der Waals surface area contributed by atoms with Gasteiger partial charge in [-0.3, -0.25) is 4.79 Å².